The summed E-state index contributed by atoms with van der Waals surface area (Å²) in [6.45, 7) is 3.43. The number of sulfonamides is 1. The van der Waals surface area contributed by atoms with Crippen molar-refractivity contribution in [1.29, 1.82) is 0 Å². The fourth-order valence-electron chi connectivity index (χ4n) is 2.47. The monoisotopic (exact) mass is 391 g/mol. The van der Waals surface area contributed by atoms with E-state index in [1.54, 1.807) is 44.2 Å². The van der Waals surface area contributed by atoms with E-state index in [1.807, 2.05) is 6.07 Å². The normalized spacial score (nSPS) is 12.5. The van der Waals surface area contributed by atoms with Crippen molar-refractivity contribution in [2.24, 2.45) is 0 Å². The van der Waals surface area contributed by atoms with Gasteiger partial charge in [0.25, 0.3) is 0 Å². The second-order valence-electron chi connectivity index (χ2n) is 6.32. The summed E-state index contributed by atoms with van der Waals surface area (Å²) >= 11 is 0. The highest BCUT2D eigenvalue weighted by Gasteiger charge is 2.21. The van der Waals surface area contributed by atoms with Crippen LogP contribution in [0.5, 0.6) is 5.75 Å². The van der Waals surface area contributed by atoms with Gasteiger partial charge in [-0.2, -0.15) is 0 Å². The van der Waals surface area contributed by atoms with Gasteiger partial charge in [0.15, 0.2) is 0 Å². The van der Waals surface area contributed by atoms with Crippen LogP contribution in [-0.2, 0) is 14.8 Å². The van der Waals surface area contributed by atoms with Crippen LogP contribution in [0.3, 0.4) is 0 Å². The van der Waals surface area contributed by atoms with Gasteiger partial charge in [-0.1, -0.05) is 18.2 Å². The number of ether oxygens (including phenoxy) is 1. The molecule has 0 aliphatic rings. The molecule has 0 spiro atoms. The molecule has 0 saturated carbocycles. The van der Waals surface area contributed by atoms with Crippen molar-refractivity contribution in [2.75, 3.05) is 31.8 Å². The number of carbonyl (C=O) groups excluding carboxylic acids is 1. The molecule has 0 heterocycles. The molecule has 0 aromatic heterocycles. The molecule has 0 aliphatic heterocycles. The Morgan fingerprint density at radius 3 is 2.44 bits per heavy atom. The van der Waals surface area contributed by atoms with Crippen LogP contribution in [0.25, 0.3) is 0 Å². The third kappa shape index (κ3) is 4.78. The number of amides is 1. The first-order valence-electron chi connectivity index (χ1n) is 8.40. The Bertz CT molecular complexity index is 926. The van der Waals surface area contributed by atoms with Gasteiger partial charge in [-0.25, -0.2) is 12.7 Å². The van der Waals surface area contributed by atoms with E-state index in [-0.39, 0.29) is 10.8 Å². The number of aryl methyl sites for hydroxylation is 1. The highest BCUT2D eigenvalue weighted by Crippen LogP contribution is 2.25. The van der Waals surface area contributed by atoms with E-state index in [0.29, 0.717) is 22.7 Å². The Balaban J connectivity index is 2.18. The Kier molecular flexibility index (Phi) is 6.45. The molecule has 2 N–H and O–H groups in total. The van der Waals surface area contributed by atoms with Crippen LogP contribution in [0.4, 0.5) is 11.4 Å². The van der Waals surface area contributed by atoms with Crippen molar-refractivity contribution < 1.29 is 17.9 Å². The number of hydrogen-bond donors (Lipinski definition) is 2. The molecule has 0 bridgehead atoms. The van der Waals surface area contributed by atoms with Gasteiger partial charge in [0.05, 0.1) is 17.7 Å². The molecule has 8 heteroatoms. The molecule has 1 unspecified atom stereocenters. The second kappa shape index (κ2) is 8.41. The van der Waals surface area contributed by atoms with Gasteiger partial charge in [0.1, 0.15) is 11.8 Å². The first kappa shape index (κ1) is 20.7. The second-order valence-corrected chi connectivity index (χ2v) is 8.44. The Morgan fingerprint density at radius 2 is 1.81 bits per heavy atom. The largest absolute Gasteiger partial charge is 0.495 e. The fraction of sp³-hybridized carbons (Fsp3) is 0.316. The molecule has 0 fully saturated rings. The zero-order chi connectivity index (χ0) is 20.2. The van der Waals surface area contributed by atoms with E-state index in [9.17, 15) is 13.2 Å². The Morgan fingerprint density at radius 1 is 1.15 bits per heavy atom. The summed E-state index contributed by atoms with van der Waals surface area (Å²) in [6.07, 6.45) is 0. The highest BCUT2D eigenvalue weighted by atomic mass is 32.2. The van der Waals surface area contributed by atoms with Gasteiger partial charge in [0, 0.05) is 19.8 Å². The average molecular weight is 391 g/mol. The van der Waals surface area contributed by atoms with E-state index in [0.717, 1.165) is 4.31 Å². The Hall–Kier alpha value is -2.58. The van der Waals surface area contributed by atoms with Crippen molar-refractivity contribution in [3.05, 3.63) is 48.0 Å². The number of anilines is 2. The molecule has 27 heavy (non-hydrogen) atoms. The van der Waals surface area contributed by atoms with E-state index >= 15 is 0 Å². The Labute approximate surface area is 160 Å². The minimum absolute atomic E-state index is 0.204. The molecule has 2 aromatic rings. The van der Waals surface area contributed by atoms with Crippen LogP contribution in [0.2, 0.25) is 0 Å². The van der Waals surface area contributed by atoms with Gasteiger partial charge in [0.2, 0.25) is 15.9 Å². The summed E-state index contributed by atoms with van der Waals surface area (Å²) in [6, 6.07) is 11.5. The van der Waals surface area contributed by atoms with E-state index < -0.39 is 16.1 Å². The molecule has 1 amide bonds. The predicted octanol–water partition coefficient (Wildman–Crippen LogP) is 2.69. The summed E-state index contributed by atoms with van der Waals surface area (Å²) in [5.74, 6) is 0.296. The minimum atomic E-state index is -3.57. The maximum atomic E-state index is 12.5. The quantitative estimate of drug-likeness (QED) is 0.758. The van der Waals surface area contributed by atoms with E-state index in [4.69, 9.17) is 4.74 Å². The van der Waals surface area contributed by atoms with Crippen molar-refractivity contribution >= 4 is 27.3 Å². The number of nitrogens with zero attached hydrogens (tertiary/aromatic N) is 1. The van der Waals surface area contributed by atoms with Crippen LogP contribution in [0, 0.1) is 6.92 Å². The SMILES string of the molecule is COc1ccccc1NC(=O)C(C)Nc1ccc(C)c(S(=O)(=O)N(C)C)c1. The fourth-order valence-corrected chi connectivity index (χ4v) is 3.61. The smallest absolute Gasteiger partial charge is 0.246 e. The lowest BCUT2D eigenvalue weighted by Crippen LogP contribution is -2.32. The number of para-hydroxylation sites is 2. The lowest BCUT2D eigenvalue weighted by Gasteiger charge is -2.19. The number of rotatable bonds is 7. The summed E-state index contributed by atoms with van der Waals surface area (Å²) in [5.41, 5.74) is 1.75. The van der Waals surface area contributed by atoms with Crippen LogP contribution in [0.1, 0.15) is 12.5 Å². The lowest BCUT2D eigenvalue weighted by molar-refractivity contribution is -0.116. The predicted molar refractivity (Wildman–Crippen MR) is 107 cm³/mol. The third-order valence-corrected chi connectivity index (χ3v) is 6.05. The molecule has 0 saturated heterocycles. The van der Waals surface area contributed by atoms with Gasteiger partial charge in [-0.05, 0) is 43.7 Å². The van der Waals surface area contributed by atoms with Crippen LogP contribution >= 0.6 is 0 Å². The zero-order valence-corrected chi connectivity index (χ0v) is 16.9. The van der Waals surface area contributed by atoms with Gasteiger partial charge < -0.3 is 15.4 Å². The number of nitrogens with one attached hydrogen (secondary N) is 2. The number of methoxy groups -OCH3 is 1. The molecular formula is C19H25N3O4S. The molecular weight excluding hydrogens is 366 g/mol. The summed E-state index contributed by atoms with van der Waals surface area (Å²) in [5, 5.41) is 5.85. The number of carbonyl (C=O) groups is 1. The maximum Gasteiger partial charge on any atom is 0.246 e. The molecule has 2 aromatic carbocycles. The average Bonchev–Trinajstić information content (AvgIpc) is 2.63. The summed E-state index contributed by atoms with van der Waals surface area (Å²) in [4.78, 5) is 12.7. The highest BCUT2D eigenvalue weighted by molar-refractivity contribution is 7.89. The summed E-state index contributed by atoms with van der Waals surface area (Å²) in [7, 11) is 0.935. The topological polar surface area (TPSA) is 87.7 Å². The lowest BCUT2D eigenvalue weighted by atomic mass is 10.2. The van der Waals surface area contributed by atoms with Crippen molar-refractivity contribution in [3.63, 3.8) is 0 Å². The van der Waals surface area contributed by atoms with Crippen molar-refractivity contribution in [2.45, 2.75) is 24.8 Å². The van der Waals surface area contributed by atoms with Crippen LogP contribution in [-0.4, -0.2) is 45.9 Å². The van der Waals surface area contributed by atoms with Gasteiger partial charge >= 0.3 is 0 Å². The number of hydrogen-bond acceptors (Lipinski definition) is 5. The molecule has 0 aliphatic carbocycles. The standard InChI is InChI=1S/C19H25N3O4S/c1-13-10-11-15(12-18(13)27(24,25)22(3)4)20-14(2)19(23)21-16-8-6-7-9-17(16)26-5/h6-12,14,20H,1-5H3,(H,21,23). The van der Waals surface area contributed by atoms with Crippen molar-refractivity contribution in [1.82, 2.24) is 4.31 Å². The molecule has 7 nitrogen and oxygen atoms in total. The van der Waals surface area contributed by atoms with Gasteiger partial charge in [-0.3, -0.25) is 4.79 Å². The third-order valence-electron chi connectivity index (χ3n) is 4.09. The summed E-state index contributed by atoms with van der Waals surface area (Å²) < 4.78 is 31.3. The number of benzene rings is 2. The molecule has 0 radical (unpaired) electrons. The molecule has 146 valence electrons. The van der Waals surface area contributed by atoms with Gasteiger partial charge in [-0.15, -0.1) is 0 Å². The molecule has 2 rings (SSSR count). The zero-order valence-electron chi connectivity index (χ0n) is 16.1. The van der Waals surface area contributed by atoms with Crippen molar-refractivity contribution in [3.8, 4) is 5.75 Å². The maximum absolute atomic E-state index is 12.5. The first-order chi connectivity index (χ1) is 12.7. The van der Waals surface area contributed by atoms with Crippen LogP contribution in [0.15, 0.2) is 47.4 Å². The van der Waals surface area contributed by atoms with E-state index in [2.05, 4.69) is 10.6 Å². The van der Waals surface area contributed by atoms with E-state index in [1.165, 1.54) is 27.3 Å². The first-order valence-corrected chi connectivity index (χ1v) is 9.84. The molecule has 1 atom stereocenters. The minimum Gasteiger partial charge on any atom is -0.495 e. The van der Waals surface area contributed by atoms with Crippen LogP contribution < -0.4 is 15.4 Å².